The Bertz CT molecular complexity index is 310. The fraction of sp³-hybridized carbons (Fsp3) is 1.00. The van der Waals surface area contributed by atoms with Crippen LogP contribution in [0, 0.1) is 11.3 Å². The molecule has 0 radical (unpaired) electrons. The van der Waals surface area contributed by atoms with E-state index in [9.17, 15) is 0 Å². The lowest BCUT2D eigenvalue weighted by Gasteiger charge is -2.40. The highest BCUT2D eigenvalue weighted by molar-refractivity contribution is 4.90. The number of hydrogen-bond acceptors (Lipinski definition) is 4. The van der Waals surface area contributed by atoms with Crippen molar-refractivity contribution in [2.45, 2.75) is 44.6 Å². The summed E-state index contributed by atoms with van der Waals surface area (Å²) in [5.41, 5.74) is 0.409. The van der Waals surface area contributed by atoms with Crippen LogP contribution in [-0.4, -0.2) is 64.1 Å². The maximum atomic E-state index is 5.78. The van der Waals surface area contributed by atoms with Crippen molar-refractivity contribution in [2.24, 2.45) is 11.3 Å². The predicted molar refractivity (Wildman–Crippen MR) is 84.6 cm³/mol. The smallest absolute Gasteiger partial charge is 0.0593 e. The van der Waals surface area contributed by atoms with E-state index in [0.717, 1.165) is 51.5 Å². The zero-order chi connectivity index (χ0) is 14.5. The number of rotatable bonds is 10. The van der Waals surface area contributed by atoms with Gasteiger partial charge < -0.3 is 19.7 Å². The number of ether oxygens (including phenoxy) is 2. The van der Waals surface area contributed by atoms with Gasteiger partial charge in [0.05, 0.1) is 6.61 Å². The molecule has 1 saturated heterocycles. The summed E-state index contributed by atoms with van der Waals surface area (Å²) in [6.07, 6.45) is 7.90. The van der Waals surface area contributed by atoms with E-state index >= 15 is 0 Å². The topological polar surface area (TPSA) is 33.7 Å². The van der Waals surface area contributed by atoms with E-state index in [1.54, 1.807) is 0 Å². The van der Waals surface area contributed by atoms with Crippen molar-refractivity contribution < 1.29 is 9.47 Å². The molecule has 1 heterocycles. The molecule has 2 saturated carbocycles. The van der Waals surface area contributed by atoms with Crippen molar-refractivity contribution in [2.75, 3.05) is 53.1 Å². The molecule has 0 aromatic rings. The highest BCUT2D eigenvalue weighted by atomic mass is 16.5. The standard InChI is InChI=1S/C17H32N2O2/c1-19(8-11-21-12-15-2-3-15)14-17(6-9-20-10-7-17)13-18-16-4-5-16/h15-16,18H,2-14H2,1H3. The Balaban J connectivity index is 1.38. The molecule has 1 N–H and O–H groups in total. The van der Waals surface area contributed by atoms with E-state index in [-0.39, 0.29) is 0 Å². The SMILES string of the molecule is CN(CCOCC1CC1)CC1(CNC2CC2)CCOCC1. The minimum absolute atomic E-state index is 0.409. The van der Waals surface area contributed by atoms with Gasteiger partial charge in [-0.3, -0.25) is 0 Å². The average molecular weight is 296 g/mol. The zero-order valence-corrected chi connectivity index (χ0v) is 13.6. The molecule has 0 aromatic heterocycles. The third kappa shape index (κ3) is 5.51. The Hall–Kier alpha value is -0.160. The van der Waals surface area contributed by atoms with Gasteiger partial charge in [0.2, 0.25) is 0 Å². The van der Waals surface area contributed by atoms with Crippen molar-refractivity contribution >= 4 is 0 Å². The summed E-state index contributed by atoms with van der Waals surface area (Å²) in [4.78, 5) is 2.47. The second-order valence-electron chi connectivity index (χ2n) is 7.52. The molecule has 3 aliphatic rings. The molecule has 0 atom stereocenters. The van der Waals surface area contributed by atoms with Gasteiger partial charge in [-0.1, -0.05) is 0 Å². The normalized spacial score (nSPS) is 25.4. The van der Waals surface area contributed by atoms with Crippen molar-refractivity contribution in [1.82, 2.24) is 10.2 Å². The molecular weight excluding hydrogens is 264 g/mol. The maximum absolute atomic E-state index is 5.78. The first-order valence-electron chi connectivity index (χ1n) is 8.83. The Morgan fingerprint density at radius 1 is 1.19 bits per heavy atom. The fourth-order valence-electron chi connectivity index (χ4n) is 3.25. The van der Waals surface area contributed by atoms with Gasteiger partial charge in [0, 0.05) is 45.5 Å². The summed E-state index contributed by atoms with van der Waals surface area (Å²) >= 11 is 0. The van der Waals surface area contributed by atoms with Crippen LogP contribution in [0.5, 0.6) is 0 Å². The van der Waals surface area contributed by atoms with E-state index in [0.29, 0.717) is 5.41 Å². The molecule has 0 amide bonds. The van der Waals surface area contributed by atoms with Crippen LogP contribution in [-0.2, 0) is 9.47 Å². The summed E-state index contributed by atoms with van der Waals surface area (Å²) in [5.74, 6) is 0.875. The van der Waals surface area contributed by atoms with Gasteiger partial charge >= 0.3 is 0 Å². The quantitative estimate of drug-likeness (QED) is 0.624. The second-order valence-corrected chi connectivity index (χ2v) is 7.52. The van der Waals surface area contributed by atoms with Crippen LogP contribution >= 0.6 is 0 Å². The zero-order valence-electron chi connectivity index (χ0n) is 13.6. The van der Waals surface area contributed by atoms with Crippen LogP contribution in [0.4, 0.5) is 0 Å². The summed E-state index contributed by atoms with van der Waals surface area (Å²) < 4.78 is 11.4. The van der Waals surface area contributed by atoms with Gasteiger partial charge in [0.1, 0.15) is 0 Å². The largest absolute Gasteiger partial charge is 0.381 e. The third-order valence-corrected chi connectivity index (χ3v) is 5.17. The maximum Gasteiger partial charge on any atom is 0.0593 e. The van der Waals surface area contributed by atoms with Crippen LogP contribution < -0.4 is 5.32 Å². The summed E-state index contributed by atoms with van der Waals surface area (Å²) in [5, 5.41) is 3.75. The van der Waals surface area contributed by atoms with Crippen LogP contribution in [0.1, 0.15) is 38.5 Å². The van der Waals surface area contributed by atoms with Gasteiger partial charge in [-0.05, 0) is 56.9 Å². The number of hydrogen-bond donors (Lipinski definition) is 1. The van der Waals surface area contributed by atoms with Gasteiger partial charge in [-0.2, -0.15) is 0 Å². The molecule has 0 unspecified atom stereocenters. The Morgan fingerprint density at radius 3 is 2.62 bits per heavy atom. The molecule has 4 nitrogen and oxygen atoms in total. The summed E-state index contributed by atoms with van der Waals surface area (Å²) in [7, 11) is 2.24. The monoisotopic (exact) mass is 296 g/mol. The first-order valence-corrected chi connectivity index (χ1v) is 8.83. The third-order valence-electron chi connectivity index (χ3n) is 5.17. The predicted octanol–water partition coefficient (Wildman–Crippen LogP) is 1.89. The van der Waals surface area contributed by atoms with E-state index in [2.05, 4.69) is 17.3 Å². The minimum atomic E-state index is 0.409. The highest BCUT2D eigenvalue weighted by Gasteiger charge is 2.35. The van der Waals surface area contributed by atoms with E-state index in [4.69, 9.17) is 9.47 Å². The van der Waals surface area contributed by atoms with Gasteiger partial charge in [0.15, 0.2) is 0 Å². The van der Waals surface area contributed by atoms with E-state index < -0.39 is 0 Å². The minimum Gasteiger partial charge on any atom is -0.381 e. The Kier molecular flexibility index (Phi) is 5.54. The van der Waals surface area contributed by atoms with Crippen LogP contribution in [0.3, 0.4) is 0 Å². The van der Waals surface area contributed by atoms with Gasteiger partial charge in [-0.15, -0.1) is 0 Å². The molecule has 1 aliphatic heterocycles. The first kappa shape index (κ1) is 15.7. The second kappa shape index (κ2) is 7.40. The summed E-state index contributed by atoms with van der Waals surface area (Å²) in [6.45, 7) is 7.11. The molecule has 21 heavy (non-hydrogen) atoms. The van der Waals surface area contributed by atoms with Crippen molar-refractivity contribution in [1.29, 1.82) is 0 Å². The van der Waals surface area contributed by atoms with E-state index in [1.807, 2.05) is 0 Å². The van der Waals surface area contributed by atoms with Crippen LogP contribution in [0.2, 0.25) is 0 Å². The van der Waals surface area contributed by atoms with Crippen molar-refractivity contribution in [3.05, 3.63) is 0 Å². The number of likely N-dealkylation sites (N-methyl/N-ethyl adjacent to an activating group) is 1. The lowest BCUT2D eigenvalue weighted by atomic mass is 9.79. The molecule has 0 spiro atoms. The fourth-order valence-corrected chi connectivity index (χ4v) is 3.25. The van der Waals surface area contributed by atoms with Crippen molar-refractivity contribution in [3.63, 3.8) is 0 Å². The van der Waals surface area contributed by atoms with Crippen molar-refractivity contribution in [3.8, 4) is 0 Å². The lowest BCUT2D eigenvalue weighted by Crippen LogP contribution is -2.47. The highest BCUT2D eigenvalue weighted by Crippen LogP contribution is 2.32. The van der Waals surface area contributed by atoms with Crippen LogP contribution in [0.15, 0.2) is 0 Å². The number of nitrogens with one attached hydrogen (secondary N) is 1. The van der Waals surface area contributed by atoms with E-state index in [1.165, 1.54) is 45.1 Å². The molecule has 4 heteroatoms. The first-order chi connectivity index (χ1) is 10.3. The molecule has 0 aromatic carbocycles. The Labute approximate surface area is 129 Å². The molecule has 122 valence electrons. The molecule has 2 aliphatic carbocycles. The van der Waals surface area contributed by atoms with Gasteiger partial charge in [0.25, 0.3) is 0 Å². The lowest BCUT2D eigenvalue weighted by molar-refractivity contribution is -0.00495. The number of nitrogens with zero attached hydrogens (tertiary/aromatic N) is 1. The van der Waals surface area contributed by atoms with Gasteiger partial charge in [-0.25, -0.2) is 0 Å². The molecular formula is C17H32N2O2. The molecule has 3 fully saturated rings. The van der Waals surface area contributed by atoms with Crippen LogP contribution in [0.25, 0.3) is 0 Å². The molecule has 3 rings (SSSR count). The molecule has 0 bridgehead atoms. The Morgan fingerprint density at radius 2 is 1.95 bits per heavy atom. The summed E-state index contributed by atoms with van der Waals surface area (Å²) in [6, 6.07) is 0.803. The average Bonchev–Trinajstić information content (AvgIpc) is 3.38.